The molecule has 0 aliphatic carbocycles. The highest BCUT2D eigenvalue weighted by Crippen LogP contribution is 2.22. The molecule has 2 atom stereocenters. The van der Waals surface area contributed by atoms with Crippen molar-refractivity contribution in [2.24, 2.45) is 10.9 Å². The van der Waals surface area contributed by atoms with Crippen molar-refractivity contribution in [3.63, 3.8) is 0 Å². The van der Waals surface area contributed by atoms with Crippen LogP contribution in [0.25, 0.3) is 0 Å². The SMILES string of the molecule is CCN(CC)C(CNC(=NC)NC1CCN(C(=O)C(C)C)C1)c1ccsc1.I. The first-order chi connectivity index (χ1) is 13.0. The number of nitrogens with one attached hydrogen (secondary N) is 2. The van der Waals surface area contributed by atoms with Crippen LogP contribution in [-0.2, 0) is 4.79 Å². The molecule has 28 heavy (non-hydrogen) atoms. The first kappa shape index (κ1) is 25.2. The number of likely N-dealkylation sites (tertiary alicyclic amines) is 1. The summed E-state index contributed by atoms with van der Waals surface area (Å²) in [4.78, 5) is 21.0. The van der Waals surface area contributed by atoms with Crippen LogP contribution < -0.4 is 10.6 Å². The van der Waals surface area contributed by atoms with Crippen LogP contribution in [0, 0.1) is 5.92 Å². The molecule has 8 heteroatoms. The molecule has 1 aliphatic heterocycles. The fourth-order valence-electron chi connectivity index (χ4n) is 3.61. The Hall–Kier alpha value is -0.870. The van der Waals surface area contributed by atoms with Gasteiger partial charge in [0.25, 0.3) is 0 Å². The van der Waals surface area contributed by atoms with E-state index in [2.05, 4.69) is 51.2 Å². The maximum Gasteiger partial charge on any atom is 0.225 e. The smallest absolute Gasteiger partial charge is 0.225 e. The summed E-state index contributed by atoms with van der Waals surface area (Å²) in [5.41, 5.74) is 1.35. The van der Waals surface area contributed by atoms with E-state index < -0.39 is 0 Å². The molecule has 0 radical (unpaired) electrons. The molecule has 2 heterocycles. The monoisotopic (exact) mass is 521 g/mol. The zero-order chi connectivity index (χ0) is 19.8. The van der Waals surface area contributed by atoms with Gasteiger partial charge in [-0.2, -0.15) is 11.3 Å². The van der Waals surface area contributed by atoms with Gasteiger partial charge >= 0.3 is 0 Å². The molecule has 1 fully saturated rings. The van der Waals surface area contributed by atoms with Crippen LogP contribution in [0.2, 0.25) is 0 Å². The predicted octanol–water partition coefficient (Wildman–Crippen LogP) is 3.17. The third-order valence-corrected chi connectivity index (χ3v) is 5.90. The molecule has 2 N–H and O–H groups in total. The Labute approximate surface area is 191 Å². The second kappa shape index (κ2) is 12.6. The minimum Gasteiger partial charge on any atom is -0.354 e. The lowest BCUT2D eigenvalue weighted by Gasteiger charge is -2.30. The third kappa shape index (κ3) is 6.88. The number of carbonyl (C=O) groups excluding carboxylic acids is 1. The Morgan fingerprint density at radius 3 is 2.64 bits per heavy atom. The van der Waals surface area contributed by atoms with E-state index in [1.165, 1.54) is 5.56 Å². The number of guanidine groups is 1. The van der Waals surface area contributed by atoms with Gasteiger partial charge in [0.15, 0.2) is 5.96 Å². The standard InChI is InChI=1S/C20H35N5OS.HI/c1-6-24(7-2)18(16-9-11-27-14-16)12-22-20(21-5)23-17-8-10-25(13-17)19(26)15(3)4;/h9,11,14-15,17-18H,6-8,10,12-13H2,1-5H3,(H2,21,22,23);1H. The van der Waals surface area contributed by atoms with Crippen LogP contribution in [0.15, 0.2) is 21.8 Å². The highest BCUT2D eigenvalue weighted by atomic mass is 127. The molecule has 2 rings (SSSR count). The molecule has 2 unspecified atom stereocenters. The molecule has 1 aromatic rings. The number of rotatable bonds is 8. The van der Waals surface area contributed by atoms with Crippen LogP contribution in [0.4, 0.5) is 0 Å². The van der Waals surface area contributed by atoms with Crippen molar-refractivity contribution in [1.29, 1.82) is 0 Å². The number of hydrogen-bond donors (Lipinski definition) is 2. The number of amides is 1. The van der Waals surface area contributed by atoms with Gasteiger partial charge in [-0.3, -0.25) is 14.7 Å². The molecule has 1 aliphatic rings. The quantitative estimate of drug-likeness (QED) is 0.314. The second-order valence-corrected chi connectivity index (χ2v) is 8.10. The van der Waals surface area contributed by atoms with Gasteiger partial charge in [0.05, 0.1) is 6.04 Å². The average molecular weight is 522 g/mol. The van der Waals surface area contributed by atoms with Crippen molar-refractivity contribution in [2.45, 2.75) is 46.2 Å². The van der Waals surface area contributed by atoms with Crippen LogP contribution in [-0.4, -0.2) is 67.5 Å². The summed E-state index contributed by atoms with van der Waals surface area (Å²) >= 11 is 1.74. The van der Waals surface area contributed by atoms with E-state index in [9.17, 15) is 4.79 Å². The molecule has 160 valence electrons. The maximum absolute atomic E-state index is 12.2. The predicted molar refractivity (Wildman–Crippen MR) is 130 cm³/mol. The van der Waals surface area contributed by atoms with Gasteiger partial charge in [-0.15, -0.1) is 24.0 Å². The fraction of sp³-hybridized carbons (Fsp3) is 0.700. The summed E-state index contributed by atoms with van der Waals surface area (Å²) in [6.07, 6.45) is 0.961. The Balaban J connectivity index is 0.00000392. The van der Waals surface area contributed by atoms with E-state index in [0.29, 0.717) is 6.04 Å². The van der Waals surface area contributed by atoms with E-state index in [0.717, 1.165) is 45.1 Å². The summed E-state index contributed by atoms with van der Waals surface area (Å²) in [6, 6.07) is 2.79. The maximum atomic E-state index is 12.2. The number of nitrogens with zero attached hydrogens (tertiary/aromatic N) is 3. The van der Waals surface area contributed by atoms with Gasteiger partial charge in [0.1, 0.15) is 0 Å². The summed E-state index contributed by atoms with van der Waals surface area (Å²) in [5, 5.41) is 11.4. The van der Waals surface area contributed by atoms with Gasteiger partial charge in [0.2, 0.25) is 5.91 Å². The summed E-state index contributed by atoms with van der Waals surface area (Å²) in [5.74, 6) is 1.11. The van der Waals surface area contributed by atoms with Gasteiger partial charge in [-0.1, -0.05) is 27.7 Å². The fourth-order valence-corrected chi connectivity index (χ4v) is 4.32. The summed E-state index contributed by atoms with van der Waals surface area (Å²) in [6.45, 7) is 12.7. The molecule has 0 aromatic carbocycles. The van der Waals surface area contributed by atoms with Crippen molar-refractivity contribution in [3.05, 3.63) is 22.4 Å². The molecule has 0 saturated carbocycles. The Bertz CT molecular complexity index is 604. The summed E-state index contributed by atoms with van der Waals surface area (Å²) in [7, 11) is 1.80. The van der Waals surface area contributed by atoms with Crippen molar-refractivity contribution < 1.29 is 4.79 Å². The lowest BCUT2D eigenvalue weighted by molar-refractivity contribution is -0.133. The molecule has 1 amide bonds. The van der Waals surface area contributed by atoms with Gasteiger partial charge in [-0.05, 0) is 41.9 Å². The lowest BCUT2D eigenvalue weighted by atomic mass is 10.1. The van der Waals surface area contributed by atoms with Crippen LogP contribution in [0.1, 0.15) is 45.7 Å². The largest absolute Gasteiger partial charge is 0.354 e. The number of likely N-dealkylation sites (N-methyl/N-ethyl adjacent to an activating group) is 1. The highest BCUT2D eigenvalue weighted by Gasteiger charge is 2.28. The second-order valence-electron chi connectivity index (χ2n) is 7.32. The molecule has 6 nitrogen and oxygen atoms in total. The van der Waals surface area contributed by atoms with Gasteiger partial charge in [-0.25, -0.2) is 0 Å². The molecular formula is C20H36IN5OS. The number of halogens is 1. The Morgan fingerprint density at radius 2 is 2.11 bits per heavy atom. The van der Waals surface area contributed by atoms with E-state index in [4.69, 9.17) is 0 Å². The first-order valence-electron chi connectivity index (χ1n) is 10.0. The first-order valence-corrected chi connectivity index (χ1v) is 11.0. The number of carbonyl (C=O) groups is 1. The van der Waals surface area contributed by atoms with Gasteiger partial charge in [0, 0.05) is 38.6 Å². The summed E-state index contributed by atoms with van der Waals surface area (Å²) < 4.78 is 0. The van der Waals surface area contributed by atoms with Gasteiger partial charge < -0.3 is 15.5 Å². The molecule has 1 saturated heterocycles. The van der Waals surface area contributed by atoms with Crippen molar-refractivity contribution >= 4 is 47.2 Å². The normalized spacial score (nSPS) is 18.3. The Kier molecular flexibility index (Phi) is 11.4. The molecular weight excluding hydrogens is 485 g/mol. The number of thiophene rings is 1. The third-order valence-electron chi connectivity index (χ3n) is 5.20. The lowest BCUT2D eigenvalue weighted by Crippen LogP contribution is -2.47. The van der Waals surface area contributed by atoms with Crippen molar-refractivity contribution in [2.75, 3.05) is 39.8 Å². The molecule has 0 spiro atoms. The molecule has 1 aromatic heterocycles. The molecule has 0 bridgehead atoms. The topological polar surface area (TPSA) is 60.0 Å². The van der Waals surface area contributed by atoms with Crippen molar-refractivity contribution in [1.82, 2.24) is 20.4 Å². The van der Waals surface area contributed by atoms with Crippen LogP contribution >= 0.6 is 35.3 Å². The number of aliphatic imine (C=N–C) groups is 1. The van der Waals surface area contributed by atoms with Crippen LogP contribution in [0.3, 0.4) is 0 Å². The Morgan fingerprint density at radius 1 is 1.39 bits per heavy atom. The minimum atomic E-state index is 0. The minimum absolute atomic E-state index is 0. The number of hydrogen-bond acceptors (Lipinski definition) is 4. The van der Waals surface area contributed by atoms with E-state index in [1.807, 2.05) is 18.7 Å². The van der Waals surface area contributed by atoms with E-state index in [1.54, 1.807) is 18.4 Å². The van der Waals surface area contributed by atoms with Crippen LogP contribution in [0.5, 0.6) is 0 Å². The van der Waals surface area contributed by atoms with E-state index in [-0.39, 0.29) is 41.8 Å². The highest BCUT2D eigenvalue weighted by molar-refractivity contribution is 14.0. The van der Waals surface area contributed by atoms with E-state index >= 15 is 0 Å². The average Bonchev–Trinajstić information content (AvgIpc) is 3.35. The zero-order valence-electron chi connectivity index (χ0n) is 17.8. The van der Waals surface area contributed by atoms with Crippen molar-refractivity contribution in [3.8, 4) is 0 Å². The zero-order valence-corrected chi connectivity index (χ0v) is 20.9.